The van der Waals surface area contributed by atoms with Crippen molar-refractivity contribution < 1.29 is 19.1 Å². The highest BCUT2D eigenvalue weighted by atomic mass is 32.1. The van der Waals surface area contributed by atoms with Crippen molar-refractivity contribution >= 4 is 39.8 Å². The van der Waals surface area contributed by atoms with Gasteiger partial charge in [-0.3, -0.25) is 24.6 Å². The summed E-state index contributed by atoms with van der Waals surface area (Å²) in [5.41, 5.74) is 1.11. The third-order valence-electron chi connectivity index (χ3n) is 5.84. The highest BCUT2D eigenvalue weighted by Crippen LogP contribution is 2.42. The maximum atomic E-state index is 12.9. The fourth-order valence-electron chi connectivity index (χ4n) is 3.97. The molecule has 2 amide bonds. The van der Waals surface area contributed by atoms with Crippen LogP contribution in [0.5, 0.6) is 5.75 Å². The molecular formula is C21H23N5O4S. The molecule has 31 heavy (non-hydrogen) atoms. The molecule has 0 spiro atoms. The number of hydrogen-bond donors (Lipinski definition) is 2. The molecule has 0 radical (unpaired) electrons. The number of ether oxygens (including phenoxy) is 1. The largest absolute Gasteiger partial charge is 0.482 e. The molecule has 10 heteroatoms. The van der Waals surface area contributed by atoms with Crippen molar-refractivity contribution in [3.8, 4) is 5.75 Å². The molecule has 2 fully saturated rings. The Hall–Kier alpha value is -2.85. The Balaban J connectivity index is 1.12. The lowest BCUT2D eigenvalue weighted by molar-refractivity contribution is -0.119. The van der Waals surface area contributed by atoms with Gasteiger partial charge in [-0.25, -0.2) is 0 Å². The van der Waals surface area contributed by atoms with Gasteiger partial charge in [0.25, 0.3) is 5.91 Å². The van der Waals surface area contributed by atoms with E-state index < -0.39 is 0 Å². The van der Waals surface area contributed by atoms with Crippen LogP contribution >= 0.6 is 11.3 Å². The quantitative estimate of drug-likeness (QED) is 0.661. The van der Waals surface area contributed by atoms with Gasteiger partial charge in [0.1, 0.15) is 10.8 Å². The molecule has 1 saturated carbocycles. The summed E-state index contributed by atoms with van der Waals surface area (Å²) in [6, 6.07) is 5.16. The number of rotatable bonds is 6. The maximum Gasteiger partial charge on any atom is 0.262 e. The van der Waals surface area contributed by atoms with E-state index in [9.17, 15) is 14.4 Å². The first kappa shape index (κ1) is 20.1. The Labute approximate surface area is 183 Å². The molecule has 0 unspecified atom stereocenters. The molecule has 2 aromatic rings. The summed E-state index contributed by atoms with van der Waals surface area (Å²) in [4.78, 5) is 38.9. The second-order valence-electron chi connectivity index (χ2n) is 8.23. The number of piperidine rings is 1. The first-order valence-electron chi connectivity index (χ1n) is 10.5. The number of amides is 2. The number of hydrogen-bond acceptors (Lipinski definition) is 8. The number of nitrogens with zero attached hydrogens (tertiary/aromatic N) is 3. The number of carbonyl (C=O) groups excluding carboxylic acids is 3. The van der Waals surface area contributed by atoms with Crippen molar-refractivity contribution in [3.05, 3.63) is 28.8 Å². The predicted molar refractivity (Wildman–Crippen MR) is 115 cm³/mol. The lowest BCUT2D eigenvalue weighted by Gasteiger charge is -2.30. The minimum atomic E-state index is -0.221. The van der Waals surface area contributed by atoms with Crippen molar-refractivity contribution in [2.24, 2.45) is 5.92 Å². The van der Waals surface area contributed by atoms with Crippen molar-refractivity contribution in [1.82, 2.24) is 15.1 Å². The molecule has 2 N–H and O–H groups in total. The normalized spacial score (nSPS) is 19.3. The highest BCUT2D eigenvalue weighted by molar-refractivity contribution is 7.15. The summed E-state index contributed by atoms with van der Waals surface area (Å²) in [6.45, 7) is 1.63. The van der Waals surface area contributed by atoms with E-state index in [0.717, 1.165) is 17.8 Å². The van der Waals surface area contributed by atoms with Gasteiger partial charge in [0.15, 0.2) is 12.4 Å². The molecule has 0 bridgehead atoms. The molecule has 162 valence electrons. The minimum absolute atomic E-state index is 0.00687. The molecule has 9 nitrogen and oxygen atoms in total. The molecular weight excluding hydrogens is 418 g/mol. The van der Waals surface area contributed by atoms with E-state index in [1.165, 1.54) is 11.3 Å². The summed E-state index contributed by atoms with van der Waals surface area (Å²) in [6.07, 6.45) is 3.70. The fraction of sp³-hybridized carbons (Fsp3) is 0.476. The zero-order valence-electron chi connectivity index (χ0n) is 16.9. The number of anilines is 2. The van der Waals surface area contributed by atoms with Crippen molar-refractivity contribution in [1.29, 1.82) is 0 Å². The van der Waals surface area contributed by atoms with E-state index in [2.05, 4.69) is 25.7 Å². The molecule has 5 rings (SSSR count). The molecule has 1 saturated heterocycles. The predicted octanol–water partition coefficient (Wildman–Crippen LogP) is 2.28. The topological polar surface area (TPSA) is 114 Å². The van der Waals surface area contributed by atoms with Crippen LogP contribution in [-0.2, 0) is 9.59 Å². The van der Waals surface area contributed by atoms with Crippen LogP contribution in [0, 0.1) is 5.92 Å². The summed E-state index contributed by atoms with van der Waals surface area (Å²) >= 11 is 1.45. The smallest absolute Gasteiger partial charge is 0.262 e. The Bertz CT molecular complexity index is 1030. The number of likely N-dealkylation sites (tertiary alicyclic amines) is 1. The van der Waals surface area contributed by atoms with Gasteiger partial charge in [-0.2, -0.15) is 0 Å². The van der Waals surface area contributed by atoms with Crippen LogP contribution in [0.1, 0.15) is 47.0 Å². The van der Waals surface area contributed by atoms with Crippen LogP contribution in [0.25, 0.3) is 0 Å². The van der Waals surface area contributed by atoms with Gasteiger partial charge in [0.2, 0.25) is 11.0 Å². The van der Waals surface area contributed by atoms with Gasteiger partial charge in [0, 0.05) is 17.4 Å². The summed E-state index contributed by atoms with van der Waals surface area (Å²) in [5.74, 6) is 0.750. The molecule has 2 aliphatic heterocycles. The number of benzene rings is 1. The maximum absolute atomic E-state index is 12.9. The standard InChI is InChI=1S/C21H23N5O4S/c27-17(23-21-25-24-20(31-21)13-1-2-13)10-26-7-5-12(6-8-26)19(29)14-3-4-16-15(9-14)22-18(28)11-30-16/h3-4,9,12-13H,1-2,5-8,10-11H2,(H,22,28)(H,23,25,27). The van der Waals surface area contributed by atoms with Gasteiger partial charge >= 0.3 is 0 Å². The second kappa shape index (κ2) is 8.35. The van der Waals surface area contributed by atoms with Gasteiger partial charge in [-0.05, 0) is 57.0 Å². The van der Waals surface area contributed by atoms with Crippen molar-refractivity contribution in [2.75, 3.05) is 36.9 Å². The summed E-state index contributed by atoms with van der Waals surface area (Å²) in [7, 11) is 0. The van der Waals surface area contributed by atoms with E-state index in [1.807, 2.05) is 0 Å². The number of aromatic nitrogens is 2. The highest BCUT2D eigenvalue weighted by Gasteiger charge is 2.29. The third kappa shape index (κ3) is 4.59. The molecule has 0 atom stereocenters. The van der Waals surface area contributed by atoms with E-state index in [1.54, 1.807) is 18.2 Å². The lowest BCUT2D eigenvalue weighted by Crippen LogP contribution is -2.40. The SMILES string of the molecule is O=C(CN1CCC(C(=O)c2ccc3c(c2)NC(=O)CO3)CC1)Nc1nnc(C2CC2)s1. The fourth-order valence-corrected chi connectivity index (χ4v) is 4.90. The van der Waals surface area contributed by atoms with Crippen LogP contribution < -0.4 is 15.4 Å². The average molecular weight is 442 g/mol. The van der Waals surface area contributed by atoms with Gasteiger partial charge in [0.05, 0.1) is 12.2 Å². The minimum Gasteiger partial charge on any atom is -0.482 e. The number of carbonyl (C=O) groups is 3. The number of Topliss-reactive ketones (excluding diaryl/α,β-unsaturated/α-hetero) is 1. The zero-order chi connectivity index (χ0) is 21.4. The van der Waals surface area contributed by atoms with Crippen LogP contribution in [0.4, 0.5) is 10.8 Å². The Morgan fingerprint density at radius 2 is 2.00 bits per heavy atom. The average Bonchev–Trinajstić information content (AvgIpc) is 3.52. The van der Waals surface area contributed by atoms with Crippen molar-refractivity contribution in [2.45, 2.75) is 31.6 Å². The van der Waals surface area contributed by atoms with Crippen LogP contribution in [0.2, 0.25) is 0 Å². The molecule has 3 aliphatic rings. The molecule has 1 aliphatic carbocycles. The molecule has 3 heterocycles. The summed E-state index contributed by atoms with van der Waals surface area (Å²) in [5, 5.41) is 15.3. The zero-order valence-corrected chi connectivity index (χ0v) is 17.7. The van der Waals surface area contributed by atoms with Crippen LogP contribution in [0.3, 0.4) is 0 Å². The first-order valence-corrected chi connectivity index (χ1v) is 11.3. The van der Waals surface area contributed by atoms with Crippen LogP contribution in [-0.4, -0.2) is 58.9 Å². The van der Waals surface area contributed by atoms with E-state index >= 15 is 0 Å². The number of fused-ring (bicyclic) bond motifs is 1. The Morgan fingerprint density at radius 1 is 1.19 bits per heavy atom. The number of ketones is 1. The number of nitrogens with one attached hydrogen (secondary N) is 2. The lowest BCUT2D eigenvalue weighted by atomic mass is 9.88. The second-order valence-corrected chi connectivity index (χ2v) is 9.24. The Kier molecular flexibility index (Phi) is 5.41. The van der Waals surface area contributed by atoms with E-state index in [-0.39, 0.29) is 36.7 Å². The third-order valence-corrected chi connectivity index (χ3v) is 6.84. The van der Waals surface area contributed by atoms with E-state index in [0.29, 0.717) is 54.0 Å². The Morgan fingerprint density at radius 3 is 2.77 bits per heavy atom. The van der Waals surface area contributed by atoms with Gasteiger partial charge in [-0.1, -0.05) is 11.3 Å². The van der Waals surface area contributed by atoms with Gasteiger partial charge in [-0.15, -0.1) is 10.2 Å². The van der Waals surface area contributed by atoms with Crippen LogP contribution in [0.15, 0.2) is 18.2 Å². The molecule has 1 aromatic carbocycles. The summed E-state index contributed by atoms with van der Waals surface area (Å²) < 4.78 is 5.35. The molecule has 1 aromatic heterocycles. The van der Waals surface area contributed by atoms with Crippen molar-refractivity contribution in [3.63, 3.8) is 0 Å². The van der Waals surface area contributed by atoms with Gasteiger partial charge < -0.3 is 10.1 Å². The van der Waals surface area contributed by atoms with E-state index in [4.69, 9.17) is 4.74 Å². The monoisotopic (exact) mass is 441 g/mol. The first-order chi connectivity index (χ1) is 15.0.